The Labute approximate surface area is 133 Å². The molecule has 21 heavy (non-hydrogen) atoms. The van der Waals surface area contributed by atoms with Crippen molar-refractivity contribution in [1.82, 2.24) is 0 Å². The average Bonchev–Trinajstić information content (AvgIpc) is 2.54. The number of hydrogen-bond acceptors (Lipinski definition) is 3. The van der Waals surface area contributed by atoms with Gasteiger partial charge in [0.2, 0.25) is 0 Å². The summed E-state index contributed by atoms with van der Waals surface area (Å²) in [5.74, 6) is -0.357. The van der Waals surface area contributed by atoms with Gasteiger partial charge in [-0.2, -0.15) is 0 Å². The van der Waals surface area contributed by atoms with E-state index in [-0.39, 0.29) is 5.97 Å². The maximum atomic E-state index is 12.0. The Bertz CT molecular complexity index is 597. The van der Waals surface area contributed by atoms with Crippen molar-refractivity contribution in [3.05, 3.63) is 48.0 Å². The van der Waals surface area contributed by atoms with Gasteiger partial charge in [-0.3, -0.25) is 0 Å². The second kappa shape index (κ2) is 8.15. The fourth-order valence-corrected chi connectivity index (χ4v) is 2.57. The minimum atomic E-state index is -0.657. The van der Waals surface area contributed by atoms with Crippen LogP contribution in [0.25, 0.3) is 10.8 Å². The Balaban J connectivity index is 2.19. The highest BCUT2D eigenvalue weighted by Crippen LogP contribution is 2.24. The predicted molar refractivity (Wildman–Crippen MR) is 87.7 cm³/mol. The highest BCUT2D eigenvalue weighted by molar-refractivity contribution is 9.09. The van der Waals surface area contributed by atoms with Crippen LogP contribution in [0.1, 0.15) is 24.5 Å². The standard InChI is InChI=1S/C17H19BrO3/c1-20-17(19)16(21-11-5-4-10-18)15-9-8-13-6-2-3-7-14(13)12-15/h2-3,6-9,12,16H,4-5,10-11H2,1H3. The number of alkyl halides is 1. The van der Waals surface area contributed by atoms with Crippen LogP contribution < -0.4 is 0 Å². The van der Waals surface area contributed by atoms with Crippen LogP contribution in [0.15, 0.2) is 42.5 Å². The molecule has 0 fully saturated rings. The van der Waals surface area contributed by atoms with Gasteiger partial charge in [-0.25, -0.2) is 4.79 Å². The van der Waals surface area contributed by atoms with Gasteiger partial charge in [-0.05, 0) is 35.2 Å². The van der Waals surface area contributed by atoms with Gasteiger partial charge in [0.05, 0.1) is 7.11 Å². The smallest absolute Gasteiger partial charge is 0.339 e. The van der Waals surface area contributed by atoms with E-state index in [1.54, 1.807) is 0 Å². The topological polar surface area (TPSA) is 35.5 Å². The Morgan fingerprint density at radius 3 is 2.62 bits per heavy atom. The summed E-state index contributed by atoms with van der Waals surface area (Å²) in [4.78, 5) is 12.0. The van der Waals surface area contributed by atoms with Crippen molar-refractivity contribution in [2.75, 3.05) is 19.0 Å². The van der Waals surface area contributed by atoms with Crippen molar-refractivity contribution < 1.29 is 14.3 Å². The number of halogens is 1. The molecule has 112 valence electrons. The van der Waals surface area contributed by atoms with Gasteiger partial charge in [0.25, 0.3) is 0 Å². The number of rotatable bonds is 7. The van der Waals surface area contributed by atoms with Crippen LogP contribution in [0.2, 0.25) is 0 Å². The van der Waals surface area contributed by atoms with E-state index < -0.39 is 6.10 Å². The van der Waals surface area contributed by atoms with E-state index in [4.69, 9.17) is 9.47 Å². The first kappa shape index (κ1) is 16.0. The third-order valence-electron chi connectivity index (χ3n) is 3.30. The van der Waals surface area contributed by atoms with Crippen molar-refractivity contribution in [2.45, 2.75) is 18.9 Å². The molecule has 2 aromatic rings. The summed E-state index contributed by atoms with van der Waals surface area (Å²) in [6, 6.07) is 14.0. The largest absolute Gasteiger partial charge is 0.467 e. The highest BCUT2D eigenvalue weighted by Gasteiger charge is 2.22. The molecule has 4 heteroatoms. The summed E-state index contributed by atoms with van der Waals surface area (Å²) in [5.41, 5.74) is 0.833. The van der Waals surface area contributed by atoms with Gasteiger partial charge in [-0.15, -0.1) is 0 Å². The number of benzene rings is 2. The third-order valence-corrected chi connectivity index (χ3v) is 3.86. The van der Waals surface area contributed by atoms with Gasteiger partial charge < -0.3 is 9.47 Å². The monoisotopic (exact) mass is 350 g/mol. The van der Waals surface area contributed by atoms with Gasteiger partial charge in [0.15, 0.2) is 6.10 Å². The van der Waals surface area contributed by atoms with E-state index in [1.165, 1.54) is 7.11 Å². The number of methoxy groups -OCH3 is 1. The van der Waals surface area contributed by atoms with Gasteiger partial charge >= 0.3 is 5.97 Å². The van der Waals surface area contributed by atoms with Gasteiger partial charge in [0, 0.05) is 11.9 Å². The SMILES string of the molecule is COC(=O)C(OCCCCBr)c1ccc2ccccc2c1. The Kier molecular flexibility index (Phi) is 6.21. The third kappa shape index (κ3) is 4.29. The fraction of sp³-hybridized carbons (Fsp3) is 0.353. The molecule has 2 rings (SSSR count). The van der Waals surface area contributed by atoms with Crippen molar-refractivity contribution >= 4 is 32.7 Å². The molecule has 2 aromatic carbocycles. The number of carbonyl (C=O) groups excluding carboxylic acids is 1. The minimum Gasteiger partial charge on any atom is -0.467 e. The molecule has 0 spiro atoms. The second-order valence-electron chi connectivity index (χ2n) is 4.78. The first-order valence-corrected chi connectivity index (χ1v) is 8.12. The van der Waals surface area contributed by atoms with E-state index in [1.807, 2.05) is 42.5 Å². The number of hydrogen-bond donors (Lipinski definition) is 0. The number of esters is 1. The van der Waals surface area contributed by atoms with E-state index in [9.17, 15) is 4.79 Å². The summed E-state index contributed by atoms with van der Waals surface area (Å²) in [6.07, 6.45) is 1.27. The molecule has 0 saturated heterocycles. The summed E-state index contributed by atoms with van der Waals surface area (Å²) >= 11 is 3.38. The van der Waals surface area contributed by atoms with Crippen LogP contribution in [-0.2, 0) is 14.3 Å². The van der Waals surface area contributed by atoms with Crippen LogP contribution in [0.5, 0.6) is 0 Å². The first-order valence-electron chi connectivity index (χ1n) is 7.00. The van der Waals surface area contributed by atoms with Crippen LogP contribution in [-0.4, -0.2) is 25.0 Å². The lowest BCUT2D eigenvalue weighted by Crippen LogP contribution is -2.18. The Morgan fingerprint density at radius 2 is 1.90 bits per heavy atom. The molecule has 0 bridgehead atoms. The zero-order chi connectivity index (χ0) is 15.1. The van der Waals surface area contributed by atoms with Crippen LogP contribution in [0, 0.1) is 0 Å². The van der Waals surface area contributed by atoms with Crippen LogP contribution in [0.4, 0.5) is 0 Å². The fourth-order valence-electron chi connectivity index (χ4n) is 2.18. The lowest BCUT2D eigenvalue weighted by molar-refractivity contribution is -0.154. The minimum absolute atomic E-state index is 0.357. The molecule has 3 nitrogen and oxygen atoms in total. The normalized spacial score (nSPS) is 12.3. The Morgan fingerprint density at radius 1 is 1.14 bits per heavy atom. The van der Waals surface area contributed by atoms with Crippen LogP contribution >= 0.6 is 15.9 Å². The summed E-state index contributed by atoms with van der Waals surface area (Å²) in [6.45, 7) is 0.540. The summed E-state index contributed by atoms with van der Waals surface area (Å²) < 4.78 is 10.6. The molecule has 0 N–H and O–H groups in total. The molecule has 0 aliphatic carbocycles. The molecule has 0 aliphatic heterocycles. The summed E-state index contributed by atoms with van der Waals surface area (Å²) in [7, 11) is 1.39. The van der Waals surface area contributed by atoms with Crippen LogP contribution in [0.3, 0.4) is 0 Å². The molecule has 0 aromatic heterocycles. The van der Waals surface area contributed by atoms with Crippen molar-refractivity contribution in [3.63, 3.8) is 0 Å². The van der Waals surface area contributed by atoms with Crippen molar-refractivity contribution in [1.29, 1.82) is 0 Å². The molecule has 0 aliphatic rings. The zero-order valence-corrected chi connectivity index (χ0v) is 13.6. The van der Waals surface area contributed by atoms with Crippen molar-refractivity contribution in [3.8, 4) is 0 Å². The first-order chi connectivity index (χ1) is 10.3. The van der Waals surface area contributed by atoms with E-state index >= 15 is 0 Å². The van der Waals surface area contributed by atoms with E-state index in [0.29, 0.717) is 6.61 Å². The van der Waals surface area contributed by atoms with Gasteiger partial charge in [0.1, 0.15) is 0 Å². The molecule has 0 heterocycles. The molecule has 0 radical (unpaired) electrons. The second-order valence-corrected chi connectivity index (χ2v) is 5.57. The number of carbonyl (C=O) groups is 1. The maximum absolute atomic E-state index is 12.0. The van der Waals surface area contributed by atoms with E-state index in [0.717, 1.165) is 34.5 Å². The van der Waals surface area contributed by atoms with Gasteiger partial charge in [-0.1, -0.05) is 52.3 Å². The number of unbranched alkanes of at least 4 members (excludes halogenated alkanes) is 1. The molecule has 0 saturated carbocycles. The summed E-state index contributed by atoms with van der Waals surface area (Å²) in [5, 5.41) is 3.17. The molecule has 0 amide bonds. The molecular formula is C17H19BrO3. The number of ether oxygens (including phenoxy) is 2. The molecule has 1 unspecified atom stereocenters. The molecule has 1 atom stereocenters. The lowest BCUT2D eigenvalue weighted by Gasteiger charge is -2.16. The van der Waals surface area contributed by atoms with Crippen molar-refractivity contribution in [2.24, 2.45) is 0 Å². The quantitative estimate of drug-likeness (QED) is 0.425. The molecular weight excluding hydrogens is 332 g/mol. The predicted octanol–water partition coefficient (Wildman–Crippen LogP) is 4.25. The lowest BCUT2D eigenvalue weighted by atomic mass is 10.0. The zero-order valence-electron chi connectivity index (χ0n) is 12.0. The highest BCUT2D eigenvalue weighted by atomic mass is 79.9. The van der Waals surface area contributed by atoms with E-state index in [2.05, 4.69) is 15.9 Å². The Hall–Kier alpha value is -1.39. The maximum Gasteiger partial charge on any atom is 0.339 e. The average molecular weight is 351 g/mol. The number of fused-ring (bicyclic) bond motifs is 1.